The molecule has 6 heteroatoms. The molecule has 1 aromatic carbocycles. The number of anilines is 1. The first kappa shape index (κ1) is 12.4. The Morgan fingerprint density at radius 1 is 1.33 bits per heavy atom. The number of aliphatic hydroxyl groups excluding tert-OH is 1. The molecule has 0 bridgehead atoms. The fourth-order valence-electron chi connectivity index (χ4n) is 1.01. The fraction of sp³-hybridized carbons (Fsp3) is 0.333. The lowest BCUT2D eigenvalue weighted by atomic mass is 10.3. The number of sulfonamides is 1. The first-order chi connectivity index (χ1) is 7.07. The van der Waals surface area contributed by atoms with Gasteiger partial charge in [0.05, 0.1) is 12.4 Å². The summed E-state index contributed by atoms with van der Waals surface area (Å²) in [6.07, 6.45) is 1.95. The second kappa shape index (κ2) is 5.39. The fourth-order valence-corrected chi connectivity index (χ4v) is 2.26. The normalized spacial score (nSPS) is 11.3. The molecule has 15 heavy (non-hydrogen) atoms. The molecular formula is C9H13NO3S2. The van der Waals surface area contributed by atoms with Gasteiger partial charge in [0, 0.05) is 10.6 Å². The molecule has 0 heterocycles. The van der Waals surface area contributed by atoms with Crippen LogP contribution in [0.1, 0.15) is 0 Å². The van der Waals surface area contributed by atoms with E-state index in [-0.39, 0.29) is 12.4 Å². The lowest BCUT2D eigenvalue weighted by Gasteiger charge is -2.06. The highest BCUT2D eigenvalue weighted by molar-refractivity contribution is 7.98. The zero-order chi connectivity index (χ0) is 11.3. The Bertz CT molecular complexity index is 400. The number of rotatable bonds is 5. The summed E-state index contributed by atoms with van der Waals surface area (Å²) in [4.78, 5) is 1.07. The molecule has 4 nitrogen and oxygen atoms in total. The quantitative estimate of drug-likeness (QED) is 0.766. The summed E-state index contributed by atoms with van der Waals surface area (Å²) in [6.45, 7) is -0.377. The van der Waals surface area contributed by atoms with E-state index < -0.39 is 10.0 Å². The van der Waals surface area contributed by atoms with Crippen molar-refractivity contribution in [2.24, 2.45) is 0 Å². The van der Waals surface area contributed by atoms with Crippen LogP contribution in [0.5, 0.6) is 0 Å². The van der Waals surface area contributed by atoms with Crippen molar-refractivity contribution in [3.63, 3.8) is 0 Å². The van der Waals surface area contributed by atoms with Crippen molar-refractivity contribution in [2.75, 3.05) is 23.3 Å². The summed E-state index contributed by atoms with van der Waals surface area (Å²) in [6, 6.07) is 7.06. The third-order valence-corrected chi connectivity index (χ3v) is 3.73. The maximum atomic E-state index is 11.3. The van der Waals surface area contributed by atoms with Crippen LogP contribution < -0.4 is 4.72 Å². The summed E-state index contributed by atoms with van der Waals surface area (Å²) in [7, 11) is -3.41. The number of hydrogen-bond acceptors (Lipinski definition) is 4. The topological polar surface area (TPSA) is 66.4 Å². The van der Waals surface area contributed by atoms with E-state index in [1.807, 2.05) is 18.4 Å². The highest BCUT2D eigenvalue weighted by Crippen LogP contribution is 2.18. The molecule has 1 rings (SSSR count). The van der Waals surface area contributed by atoms with Crippen molar-refractivity contribution < 1.29 is 13.5 Å². The smallest absolute Gasteiger partial charge is 0.234 e. The van der Waals surface area contributed by atoms with E-state index in [0.29, 0.717) is 5.69 Å². The van der Waals surface area contributed by atoms with Gasteiger partial charge in [0.15, 0.2) is 0 Å². The van der Waals surface area contributed by atoms with Crippen LogP contribution in [-0.4, -0.2) is 32.1 Å². The lowest BCUT2D eigenvalue weighted by molar-refractivity contribution is 0.320. The minimum Gasteiger partial charge on any atom is -0.395 e. The highest BCUT2D eigenvalue weighted by atomic mass is 32.2. The van der Waals surface area contributed by atoms with E-state index in [9.17, 15) is 8.42 Å². The number of benzene rings is 1. The van der Waals surface area contributed by atoms with Gasteiger partial charge in [0.1, 0.15) is 0 Å². The van der Waals surface area contributed by atoms with Crippen LogP contribution >= 0.6 is 11.8 Å². The average Bonchev–Trinajstić information content (AvgIpc) is 2.18. The number of nitrogens with one attached hydrogen (secondary N) is 1. The molecule has 0 atom stereocenters. The van der Waals surface area contributed by atoms with E-state index in [4.69, 9.17) is 5.11 Å². The van der Waals surface area contributed by atoms with Crippen LogP contribution in [0, 0.1) is 0 Å². The molecule has 0 saturated heterocycles. The van der Waals surface area contributed by atoms with Crippen LogP contribution in [0.25, 0.3) is 0 Å². The zero-order valence-corrected chi connectivity index (χ0v) is 9.94. The molecule has 1 aromatic rings. The van der Waals surface area contributed by atoms with E-state index in [0.717, 1.165) is 4.90 Å². The molecule has 2 N–H and O–H groups in total. The van der Waals surface area contributed by atoms with Crippen LogP contribution in [0.2, 0.25) is 0 Å². The first-order valence-electron chi connectivity index (χ1n) is 4.33. The molecule has 0 aromatic heterocycles. The van der Waals surface area contributed by atoms with Gasteiger partial charge in [-0.3, -0.25) is 4.72 Å². The molecule has 84 valence electrons. The summed E-state index contributed by atoms with van der Waals surface area (Å²) in [5.74, 6) is -0.280. The molecule has 0 unspecified atom stereocenters. The van der Waals surface area contributed by atoms with E-state index in [1.165, 1.54) is 0 Å². The van der Waals surface area contributed by atoms with Crippen molar-refractivity contribution in [3.05, 3.63) is 24.3 Å². The van der Waals surface area contributed by atoms with Crippen molar-refractivity contribution in [1.29, 1.82) is 0 Å². The van der Waals surface area contributed by atoms with Gasteiger partial charge >= 0.3 is 0 Å². The molecular weight excluding hydrogens is 234 g/mol. The Kier molecular flexibility index (Phi) is 4.44. The van der Waals surface area contributed by atoms with Gasteiger partial charge in [-0.25, -0.2) is 8.42 Å². The van der Waals surface area contributed by atoms with Crippen LogP contribution in [0.4, 0.5) is 5.69 Å². The second-order valence-electron chi connectivity index (χ2n) is 2.87. The van der Waals surface area contributed by atoms with Crippen LogP contribution in [0.3, 0.4) is 0 Å². The van der Waals surface area contributed by atoms with Gasteiger partial charge in [-0.1, -0.05) is 0 Å². The predicted molar refractivity (Wildman–Crippen MR) is 62.7 cm³/mol. The Morgan fingerprint density at radius 3 is 2.40 bits per heavy atom. The van der Waals surface area contributed by atoms with E-state index in [2.05, 4.69) is 4.72 Å². The standard InChI is InChI=1S/C9H13NO3S2/c1-14-9-4-2-8(3-5-9)10-15(12,13)7-6-11/h2-5,10-11H,6-7H2,1H3. The van der Waals surface area contributed by atoms with Crippen molar-refractivity contribution in [3.8, 4) is 0 Å². The summed E-state index contributed by atoms with van der Waals surface area (Å²) in [5.41, 5.74) is 0.515. The van der Waals surface area contributed by atoms with Gasteiger partial charge in [-0.15, -0.1) is 11.8 Å². The molecule has 0 amide bonds. The minimum atomic E-state index is -3.41. The summed E-state index contributed by atoms with van der Waals surface area (Å²) < 4.78 is 24.9. The SMILES string of the molecule is CSc1ccc(NS(=O)(=O)CCO)cc1. The minimum absolute atomic E-state index is 0.280. The zero-order valence-electron chi connectivity index (χ0n) is 8.30. The van der Waals surface area contributed by atoms with E-state index >= 15 is 0 Å². The van der Waals surface area contributed by atoms with Gasteiger partial charge in [0.25, 0.3) is 0 Å². The second-order valence-corrected chi connectivity index (χ2v) is 5.59. The van der Waals surface area contributed by atoms with Gasteiger partial charge in [0.2, 0.25) is 10.0 Å². The molecule has 0 spiro atoms. The van der Waals surface area contributed by atoms with Gasteiger partial charge in [-0.05, 0) is 30.5 Å². The number of aliphatic hydroxyl groups is 1. The third-order valence-electron chi connectivity index (χ3n) is 1.72. The monoisotopic (exact) mass is 247 g/mol. The van der Waals surface area contributed by atoms with Gasteiger partial charge < -0.3 is 5.11 Å². The maximum Gasteiger partial charge on any atom is 0.234 e. The average molecular weight is 247 g/mol. The largest absolute Gasteiger partial charge is 0.395 e. The third kappa shape index (κ3) is 4.11. The maximum absolute atomic E-state index is 11.3. The lowest BCUT2D eigenvalue weighted by Crippen LogP contribution is -2.18. The molecule has 0 fully saturated rings. The molecule has 0 aliphatic carbocycles. The number of thioether (sulfide) groups is 1. The van der Waals surface area contributed by atoms with Crippen molar-refractivity contribution >= 4 is 27.5 Å². The van der Waals surface area contributed by atoms with Crippen LogP contribution in [0.15, 0.2) is 29.2 Å². The van der Waals surface area contributed by atoms with E-state index in [1.54, 1.807) is 23.9 Å². The van der Waals surface area contributed by atoms with Gasteiger partial charge in [-0.2, -0.15) is 0 Å². The Morgan fingerprint density at radius 2 is 1.93 bits per heavy atom. The number of hydrogen-bond donors (Lipinski definition) is 2. The molecule has 0 aliphatic heterocycles. The summed E-state index contributed by atoms with van der Waals surface area (Å²) in [5, 5.41) is 8.54. The predicted octanol–water partition coefficient (Wildman–Crippen LogP) is 1.14. The highest BCUT2D eigenvalue weighted by Gasteiger charge is 2.08. The molecule has 0 radical (unpaired) electrons. The summed E-state index contributed by atoms with van der Waals surface area (Å²) >= 11 is 1.59. The Hall–Kier alpha value is -0.720. The first-order valence-corrected chi connectivity index (χ1v) is 7.20. The van der Waals surface area contributed by atoms with Crippen molar-refractivity contribution in [1.82, 2.24) is 0 Å². The molecule has 0 aliphatic rings. The molecule has 0 saturated carbocycles. The Labute approximate surface area is 93.8 Å². The van der Waals surface area contributed by atoms with Crippen molar-refractivity contribution in [2.45, 2.75) is 4.90 Å². The van der Waals surface area contributed by atoms with Crippen LogP contribution in [-0.2, 0) is 10.0 Å². The Balaban J connectivity index is 2.73.